The number of fused-ring (bicyclic) bond motifs is 1. The fourth-order valence-corrected chi connectivity index (χ4v) is 1.91. The van der Waals surface area contributed by atoms with E-state index < -0.39 is 0 Å². The summed E-state index contributed by atoms with van der Waals surface area (Å²) in [6, 6.07) is 5.88. The summed E-state index contributed by atoms with van der Waals surface area (Å²) in [6.45, 7) is 1.88. The number of aromatic nitrogens is 3. The van der Waals surface area contributed by atoms with E-state index in [-0.39, 0.29) is 6.10 Å². The van der Waals surface area contributed by atoms with E-state index in [9.17, 15) is 0 Å². The van der Waals surface area contributed by atoms with Crippen molar-refractivity contribution in [2.75, 3.05) is 24.6 Å². The summed E-state index contributed by atoms with van der Waals surface area (Å²) < 4.78 is 7.02. The van der Waals surface area contributed by atoms with E-state index >= 15 is 0 Å². The van der Waals surface area contributed by atoms with Crippen LogP contribution in [0.2, 0.25) is 0 Å². The van der Waals surface area contributed by atoms with Crippen LogP contribution in [0, 0.1) is 11.3 Å². The topological polar surface area (TPSA) is 66.5 Å². The molecular weight excluding hydrogens is 218 g/mol. The van der Waals surface area contributed by atoms with E-state index in [1.54, 1.807) is 10.7 Å². The standard InChI is InChI=1S/C11H11N5O/c12-7-9-8-15(5-6-17-9)10-2-4-16-11(14-10)1-3-13-16/h1-4,9H,5-6,8H2. The average molecular weight is 229 g/mol. The van der Waals surface area contributed by atoms with Crippen LogP contribution in [-0.2, 0) is 4.74 Å². The molecule has 6 nitrogen and oxygen atoms in total. The first kappa shape index (κ1) is 10.1. The number of nitrogens with zero attached hydrogens (tertiary/aromatic N) is 5. The maximum atomic E-state index is 8.86. The smallest absolute Gasteiger partial charge is 0.161 e. The Bertz CT molecular complexity index is 572. The first-order valence-electron chi connectivity index (χ1n) is 5.43. The molecule has 0 bridgehead atoms. The van der Waals surface area contributed by atoms with Gasteiger partial charge in [-0.1, -0.05) is 0 Å². The van der Waals surface area contributed by atoms with Crippen molar-refractivity contribution in [3.05, 3.63) is 24.5 Å². The number of hydrogen-bond acceptors (Lipinski definition) is 5. The molecule has 1 aliphatic rings. The third kappa shape index (κ3) is 1.81. The predicted octanol–water partition coefficient (Wildman–Crippen LogP) is 0.458. The summed E-state index contributed by atoms with van der Waals surface area (Å²) in [7, 11) is 0. The van der Waals surface area contributed by atoms with Crippen molar-refractivity contribution in [3.63, 3.8) is 0 Å². The Kier molecular flexibility index (Phi) is 2.38. The Labute approximate surface area is 98.0 Å². The third-order valence-electron chi connectivity index (χ3n) is 2.78. The molecule has 17 heavy (non-hydrogen) atoms. The van der Waals surface area contributed by atoms with Crippen molar-refractivity contribution in [2.45, 2.75) is 6.10 Å². The van der Waals surface area contributed by atoms with Gasteiger partial charge in [0.15, 0.2) is 11.8 Å². The minimum atomic E-state index is -0.369. The summed E-state index contributed by atoms with van der Waals surface area (Å²) in [5, 5.41) is 13.0. The summed E-state index contributed by atoms with van der Waals surface area (Å²) in [6.07, 6.45) is 3.21. The van der Waals surface area contributed by atoms with Crippen LogP contribution in [-0.4, -0.2) is 40.4 Å². The van der Waals surface area contributed by atoms with E-state index in [1.165, 1.54) is 0 Å². The van der Waals surface area contributed by atoms with E-state index in [2.05, 4.69) is 21.1 Å². The van der Waals surface area contributed by atoms with E-state index in [0.717, 1.165) is 18.0 Å². The van der Waals surface area contributed by atoms with E-state index in [4.69, 9.17) is 10.00 Å². The molecule has 0 spiro atoms. The highest BCUT2D eigenvalue weighted by Gasteiger charge is 2.21. The van der Waals surface area contributed by atoms with Crippen molar-refractivity contribution in [3.8, 4) is 6.07 Å². The molecule has 1 unspecified atom stereocenters. The predicted molar refractivity (Wildman–Crippen MR) is 60.6 cm³/mol. The van der Waals surface area contributed by atoms with Crippen LogP contribution in [0.3, 0.4) is 0 Å². The zero-order valence-corrected chi connectivity index (χ0v) is 9.15. The maximum absolute atomic E-state index is 8.86. The first-order valence-corrected chi connectivity index (χ1v) is 5.43. The molecule has 0 amide bonds. The Morgan fingerprint density at radius 2 is 2.41 bits per heavy atom. The molecule has 6 heteroatoms. The summed E-state index contributed by atoms with van der Waals surface area (Å²) >= 11 is 0. The van der Waals surface area contributed by atoms with Gasteiger partial charge in [-0.15, -0.1) is 0 Å². The Balaban J connectivity index is 1.90. The van der Waals surface area contributed by atoms with Crippen LogP contribution in [0.15, 0.2) is 24.5 Å². The highest BCUT2D eigenvalue weighted by Crippen LogP contribution is 2.15. The largest absolute Gasteiger partial charge is 0.360 e. The fourth-order valence-electron chi connectivity index (χ4n) is 1.91. The molecule has 0 saturated carbocycles. The van der Waals surface area contributed by atoms with Gasteiger partial charge in [-0.25, -0.2) is 9.50 Å². The number of morpholine rings is 1. The Hall–Kier alpha value is -2.13. The molecule has 3 heterocycles. The van der Waals surface area contributed by atoms with E-state index in [0.29, 0.717) is 13.2 Å². The lowest BCUT2D eigenvalue weighted by molar-refractivity contribution is 0.0761. The number of ether oxygens (including phenoxy) is 1. The van der Waals surface area contributed by atoms with Gasteiger partial charge in [0, 0.05) is 18.8 Å². The number of hydrogen-bond donors (Lipinski definition) is 0. The van der Waals surface area contributed by atoms with Gasteiger partial charge in [-0.05, 0) is 6.07 Å². The Morgan fingerprint density at radius 1 is 1.47 bits per heavy atom. The zero-order valence-electron chi connectivity index (χ0n) is 9.15. The van der Waals surface area contributed by atoms with Crippen LogP contribution in [0.25, 0.3) is 5.65 Å². The molecule has 1 atom stereocenters. The molecule has 2 aromatic heterocycles. The van der Waals surface area contributed by atoms with Gasteiger partial charge < -0.3 is 9.64 Å². The normalized spacial score (nSPS) is 20.4. The molecule has 1 saturated heterocycles. The van der Waals surface area contributed by atoms with Crippen LogP contribution in [0.4, 0.5) is 5.82 Å². The van der Waals surface area contributed by atoms with Crippen LogP contribution < -0.4 is 4.90 Å². The SMILES string of the molecule is N#CC1CN(c2ccn3nccc3n2)CCO1. The second kappa shape index (κ2) is 4.03. The molecule has 86 valence electrons. The van der Waals surface area contributed by atoms with Crippen molar-refractivity contribution < 1.29 is 4.74 Å². The summed E-state index contributed by atoms with van der Waals surface area (Å²) in [4.78, 5) is 6.55. The maximum Gasteiger partial charge on any atom is 0.161 e. The molecule has 0 aliphatic carbocycles. The van der Waals surface area contributed by atoms with Crippen molar-refractivity contribution in [1.82, 2.24) is 14.6 Å². The molecule has 3 rings (SSSR count). The second-order valence-electron chi connectivity index (χ2n) is 3.85. The molecule has 0 aromatic carbocycles. The summed E-state index contributed by atoms with van der Waals surface area (Å²) in [5.74, 6) is 0.863. The van der Waals surface area contributed by atoms with Crippen LogP contribution in [0.1, 0.15) is 0 Å². The lowest BCUT2D eigenvalue weighted by Gasteiger charge is -2.30. The second-order valence-corrected chi connectivity index (χ2v) is 3.85. The Morgan fingerprint density at radius 3 is 3.29 bits per heavy atom. The zero-order chi connectivity index (χ0) is 11.7. The minimum Gasteiger partial charge on any atom is -0.360 e. The molecule has 0 N–H and O–H groups in total. The molecular formula is C11H11N5O. The third-order valence-corrected chi connectivity index (χ3v) is 2.78. The highest BCUT2D eigenvalue weighted by atomic mass is 16.5. The molecule has 2 aromatic rings. The highest BCUT2D eigenvalue weighted by molar-refractivity contribution is 5.47. The lowest BCUT2D eigenvalue weighted by Crippen LogP contribution is -2.42. The quantitative estimate of drug-likeness (QED) is 0.710. The number of anilines is 1. The van der Waals surface area contributed by atoms with Gasteiger partial charge in [-0.3, -0.25) is 0 Å². The van der Waals surface area contributed by atoms with Gasteiger partial charge in [-0.2, -0.15) is 10.4 Å². The molecule has 0 radical (unpaired) electrons. The molecule has 1 aliphatic heterocycles. The van der Waals surface area contributed by atoms with Gasteiger partial charge in [0.05, 0.1) is 25.4 Å². The first-order chi connectivity index (χ1) is 8.36. The molecule has 1 fully saturated rings. The summed E-state index contributed by atoms with van der Waals surface area (Å²) in [5.41, 5.74) is 0.808. The van der Waals surface area contributed by atoms with Crippen molar-refractivity contribution in [1.29, 1.82) is 5.26 Å². The van der Waals surface area contributed by atoms with Gasteiger partial charge in [0.2, 0.25) is 0 Å². The van der Waals surface area contributed by atoms with Gasteiger partial charge in [0.25, 0.3) is 0 Å². The average Bonchev–Trinajstić information content (AvgIpc) is 2.86. The fraction of sp³-hybridized carbons (Fsp3) is 0.364. The van der Waals surface area contributed by atoms with Gasteiger partial charge >= 0.3 is 0 Å². The van der Waals surface area contributed by atoms with Gasteiger partial charge in [0.1, 0.15) is 5.82 Å². The number of rotatable bonds is 1. The monoisotopic (exact) mass is 229 g/mol. The van der Waals surface area contributed by atoms with Crippen LogP contribution >= 0.6 is 0 Å². The lowest BCUT2D eigenvalue weighted by atomic mass is 10.3. The van der Waals surface area contributed by atoms with Crippen LogP contribution in [0.5, 0.6) is 0 Å². The van der Waals surface area contributed by atoms with Crippen molar-refractivity contribution in [2.24, 2.45) is 0 Å². The van der Waals surface area contributed by atoms with E-state index in [1.807, 2.05) is 18.3 Å². The number of nitriles is 1. The van der Waals surface area contributed by atoms with Crippen molar-refractivity contribution >= 4 is 11.5 Å². The minimum absolute atomic E-state index is 0.369.